The van der Waals surface area contributed by atoms with Crippen LogP contribution in [0.2, 0.25) is 0 Å². The third-order valence-electron chi connectivity index (χ3n) is 4.64. The molecular formula is C21H25N3O6. The van der Waals surface area contributed by atoms with Crippen molar-refractivity contribution in [3.8, 4) is 11.5 Å². The van der Waals surface area contributed by atoms with Crippen molar-refractivity contribution in [3.05, 3.63) is 48.4 Å². The standard InChI is InChI=1S/C21H25N3O6/c1-3-28-16-6-8-17(9-7-16)30-14(2)20(26)22-23-21(27)15-11-19(25)24(12-15)13-18-5-4-10-29-18/h4-10,14-15H,3,11-13H2,1-2H3,(H,22,26)(H,23,27). The lowest BCUT2D eigenvalue weighted by molar-refractivity contribution is -0.134. The second-order valence-electron chi connectivity index (χ2n) is 6.90. The summed E-state index contributed by atoms with van der Waals surface area (Å²) in [5.74, 6) is 0.253. The fourth-order valence-corrected chi connectivity index (χ4v) is 3.06. The summed E-state index contributed by atoms with van der Waals surface area (Å²) in [6.07, 6.45) is 0.788. The van der Waals surface area contributed by atoms with Crippen molar-refractivity contribution < 1.29 is 28.3 Å². The van der Waals surface area contributed by atoms with Gasteiger partial charge in [-0.1, -0.05) is 0 Å². The normalized spacial score (nSPS) is 16.8. The molecule has 0 saturated carbocycles. The molecule has 2 unspecified atom stereocenters. The Kier molecular flexibility index (Phi) is 6.95. The van der Waals surface area contributed by atoms with Gasteiger partial charge >= 0.3 is 0 Å². The number of ether oxygens (including phenoxy) is 2. The van der Waals surface area contributed by atoms with Crippen molar-refractivity contribution in [2.45, 2.75) is 32.9 Å². The first-order valence-corrected chi connectivity index (χ1v) is 9.75. The number of hydrogen-bond acceptors (Lipinski definition) is 6. The van der Waals surface area contributed by atoms with Gasteiger partial charge in [-0.25, -0.2) is 0 Å². The van der Waals surface area contributed by atoms with E-state index in [-0.39, 0.29) is 18.9 Å². The number of nitrogens with zero attached hydrogens (tertiary/aromatic N) is 1. The highest BCUT2D eigenvalue weighted by Crippen LogP contribution is 2.21. The van der Waals surface area contributed by atoms with E-state index < -0.39 is 23.8 Å². The number of furan rings is 1. The summed E-state index contributed by atoms with van der Waals surface area (Å²) < 4.78 is 16.2. The third-order valence-corrected chi connectivity index (χ3v) is 4.64. The van der Waals surface area contributed by atoms with Gasteiger partial charge in [-0.3, -0.25) is 25.2 Å². The minimum atomic E-state index is -0.830. The van der Waals surface area contributed by atoms with Crippen LogP contribution < -0.4 is 20.3 Å². The fourth-order valence-electron chi connectivity index (χ4n) is 3.06. The van der Waals surface area contributed by atoms with Crippen LogP contribution in [0.15, 0.2) is 47.1 Å². The lowest BCUT2D eigenvalue weighted by Crippen LogP contribution is -2.49. The molecule has 3 rings (SSSR count). The van der Waals surface area contributed by atoms with Gasteiger partial charge in [0.25, 0.3) is 5.91 Å². The molecule has 1 saturated heterocycles. The summed E-state index contributed by atoms with van der Waals surface area (Å²) in [6, 6.07) is 10.4. The lowest BCUT2D eigenvalue weighted by Gasteiger charge is -2.17. The smallest absolute Gasteiger partial charge is 0.279 e. The number of amides is 3. The van der Waals surface area contributed by atoms with Crippen molar-refractivity contribution in [3.63, 3.8) is 0 Å². The molecule has 2 atom stereocenters. The average molecular weight is 415 g/mol. The van der Waals surface area contributed by atoms with Gasteiger partial charge in [0, 0.05) is 13.0 Å². The minimum Gasteiger partial charge on any atom is -0.494 e. The summed E-state index contributed by atoms with van der Waals surface area (Å²) in [4.78, 5) is 38.2. The van der Waals surface area contributed by atoms with Crippen LogP contribution in [-0.4, -0.2) is 41.9 Å². The quantitative estimate of drug-likeness (QED) is 0.635. The fraction of sp³-hybridized carbons (Fsp3) is 0.381. The van der Waals surface area contributed by atoms with Crippen LogP contribution >= 0.6 is 0 Å². The SMILES string of the molecule is CCOc1ccc(OC(C)C(=O)NNC(=O)C2CC(=O)N(Cc3ccco3)C2)cc1. The van der Waals surface area contributed by atoms with E-state index in [1.165, 1.54) is 6.26 Å². The Morgan fingerprint density at radius 3 is 2.60 bits per heavy atom. The summed E-state index contributed by atoms with van der Waals surface area (Å²) in [5, 5.41) is 0. The minimum absolute atomic E-state index is 0.0840. The molecule has 9 heteroatoms. The number of hydrogen-bond donors (Lipinski definition) is 2. The van der Waals surface area contributed by atoms with Crippen molar-refractivity contribution >= 4 is 17.7 Å². The number of benzene rings is 1. The van der Waals surface area contributed by atoms with Gasteiger partial charge < -0.3 is 18.8 Å². The predicted molar refractivity (Wildman–Crippen MR) is 106 cm³/mol. The molecule has 160 valence electrons. The van der Waals surface area contributed by atoms with E-state index in [4.69, 9.17) is 13.9 Å². The van der Waals surface area contributed by atoms with Gasteiger partial charge in [-0.15, -0.1) is 0 Å². The van der Waals surface area contributed by atoms with Crippen LogP contribution in [0.3, 0.4) is 0 Å². The number of nitrogens with one attached hydrogen (secondary N) is 2. The molecule has 2 N–H and O–H groups in total. The number of carbonyl (C=O) groups is 3. The van der Waals surface area contributed by atoms with Gasteiger partial charge in [0.05, 0.1) is 25.3 Å². The molecule has 1 aliphatic rings. The van der Waals surface area contributed by atoms with Crippen molar-refractivity contribution in [2.75, 3.05) is 13.2 Å². The molecule has 1 aliphatic heterocycles. The molecule has 1 aromatic carbocycles. The zero-order valence-electron chi connectivity index (χ0n) is 16.9. The van der Waals surface area contributed by atoms with Gasteiger partial charge in [0.2, 0.25) is 11.8 Å². The largest absolute Gasteiger partial charge is 0.494 e. The van der Waals surface area contributed by atoms with Crippen LogP contribution in [0, 0.1) is 5.92 Å². The first-order chi connectivity index (χ1) is 14.5. The molecule has 9 nitrogen and oxygen atoms in total. The number of hydrazine groups is 1. The monoisotopic (exact) mass is 415 g/mol. The lowest BCUT2D eigenvalue weighted by atomic mass is 10.1. The molecule has 3 amide bonds. The molecule has 2 heterocycles. The van der Waals surface area contributed by atoms with Crippen molar-refractivity contribution in [2.24, 2.45) is 5.92 Å². The second-order valence-corrected chi connectivity index (χ2v) is 6.90. The Morgan fingerprint density at radius 2 is 1.93 bits per heavy atom. The van der Waals surface area contributed by atoms with Gasteiger partial charge in [0.15, 0.2) is 6.10 Å². The highest BCUT2D eigenvalue weighted by atomic mass is 16.5. The maximum Gasteiger partial charge on any atom is 0.279 e. The average Bonchev–Trinajstić information content (AvgIpc) is 3.38. The Labute approximate surface area is 174 Å². The topological polar surface area (TPSA) is 110 Å². The highest BCUT2D eigenvalue weighted by Gasteiger charge is 2.35. The molecule has 30 heavy (non-hydrogen) atoms. The molecule has 0 spiro atoms. The molecule has 1 aromatic heterocycles. The van der Waals surface area contributed by atoms with E-state index >= 15 is 0 Å². The van der Waals surface area contributed by atoms with E-state index in [1.54, 1.807) is 48.2 Å². The van der Waals surface area contributed by atoms with E-state index in [0.717, 1.165) is 0 Å². The summed E-state index contributed by atoms with van der Waals surface area (Å²) in [6.45, 7) is 4.60. The highest BCUT2D eigenvalue weighted by molar-refractivity contribution is 5.90. The second kappa shape index (κ2) is 9.82. The Hall–Kier alpha value is -3.49. The van der Waals surface area contributed by atoms with Crippen molar-refractivity contribution in [1.29, 1.82) is 0 Å². The van der Waals surface area contributed by atoms with Crippen LogP contribution in [0.1, 0.15) is 26.0 Å². The number of carbonyl (C=O) groups excluding carboxylic acids is 3. The summed E-state index contributed by atoms with van der Waals surface area (Å²) >= 11 is 0. The molecule has 0 radical (unpaired) electrons. The zero-order valence-corrected chi connectivity index (χ0v) is 16.9. The molecule has 1 fully saturated rings. The van der Waals surface area contributed by atoms with Gasteiger partial charge in [0.1, 0.15) is 17.3 Å². The Bertz CT molecular complexity index is 865. The molecule has 0 bridgehead atoms. The Morgan fingerprint density at radius 1 is 1.20 bits per heavy atom. The van der Waals surface area contributed by atoms with E-state index in [0.29, 0.717) is 30.4 Å². The Balaban J connectivity index is 1.43. The number of rotatable bonds is 8. The zero-order chi connectivity index (χ0) is 21.5. The van der Waals surface area contributed by atoms with Gasteiger partial charge in [-0.2, -0.15) is 0 Å². The molecular weight excluding hydrogens is 390 g/mol. The first-order valence-electron chi connectivity index (χ1n) is 9.75. The third kappa shape index (κ3) is 5.53. The maximum absolute atomic E-state index is 12.3. The predicted octanol–water partition coefficient (Wildman–Crippen LogP) is 1.64. The summed E-state index contributed by atoms with van der Waals surface area (Å²) in [5.41, 5.74) is 4.73. The van der Waals surface area contributed by atoms with E-state index in [1.807, 2.05) is 6.92 Å². The molecule has 0 aliphatic carbocycles. The maximum atomic E-state index is 12.3. The number of likely N-dealkylation sites (tertiary alicyclic amines) is 1. The van der Waals surface area contributed by atoms with Gasteiger partial charge in [-0.05, 0) is 50.2 Å². The molecule has 2 aromatic rings. The van der Waals surface area contributed by atoms with Crippen LogP contribution in [0.5, 0.6) is 11.5 Å². The van der Waals surface area contributed by atoms with Crippen LogP contribution in [-0.2, 0) is 20.9 Å². The first kappa shape index (κ1) is 21.2. The van der Waals surface area contributed by atoms with E-state index in [2.05, 4.69) is 10.9 Å². The van der Waals surface area contributed by atoms with Crippen LogP contribution in [0.25, 0.3) is 0 Å². The summed E-state index contributed by atoms with van der Waals surface area (Å²) in [7, 11) is 0. The van der Waals surface area contributed by atoms with E-state index in [9.17, 15) is 14.4 Å². The van der Waals surface area contributed by atoms with Crippen LogP contribution in [0.4, 0.5) is 0 Å². The van der Waals surface area contributed by atoms with Crippen molar-refractivity contribution in [1.82, 2.24) is 15.8 Å².